The van der Waals surface area contributed by atoms with Gasteiger partial charge in [-0.1, -0.05) is 10.4 Å². The molecule has 0 bridgehead atoms. The Morgan fingerprint density at radius 1 is 0.646 bits per heavy atom. The van der Waals surface area contributed by atoms with Gasteiger partial charge in [0.1, 0.15) is 96.7 Å². The quantitative estimate of drug-likeness (QED) is 0.0345. The van der Waals surface area contributed by atoms with Crippen molar-refractivity contribution in [2.45, 2.75) is 149 Å². The standard InChI is InChI=1S/C49H74N16O14/c1-62-8-10-63(11-9-62)26-4-7-30-31(14-26)57-46(56-30)23-2-5-27(6-3-23)73-13-12-64-18-24(58-60-64)21-72-22-25-19-65(61-59-25)20-34-44(78-48-36(55)41(70)39(68)33(17-51)75-48)42(71)49(76-34)79-45-37(66)28(52)15-29(53)43(45)77-47-35(54)40(69)38(67)32(16-50)74-47/h2-7,14,18-19,28-29,32-45,47-49,66-71H,8-13,15-17,20-22,50-55H2,1H3,(H,56,57)/t28-,29?,32?,33+,34-,35?,36?,37?,38+,39-,40-,41?,42+,43+,44+,45-,47+,48-,49?/m1/s1. The van der Waals surface area contributed by atoms with Crippen LogP contribution in [0.15, 0.2) is 54.9 Å². The summed E-state index contributed by atoms with van der Waals surface area (Å²) < 4.78 is 51.7. The maximum atomic E-state index is 11.9. The molecule has 0 radical (unpaired) electrons. The lowest BCUT2D eigenvalue weighted by atomic mass is 9.84. The first-order valence-electron chi connectivity index (χ1n) is 26.5. The van der Waals surface area contributed by atoms with E-state index in [-0.39, 0.29) is 39.3 Å². The third-order valence-electron chi connectivity index (χ3n) is 15.3. The number of nitrogens with zero attached hydrogens (tertiary/aromatic N) is 9. The van der Waals surface area contributed by atoms with Gasteiger partial charge in [0.2, 0.25) is 0 Å². The summed E-state index contributed by atoms with van der Waals surface area (Å²) in [5.74, 6) is 1.48. The van der Waals surface area contributed by atoms with E-state index in [9.17, 15) is 30.6 Å². The van der Waals surface area contributed by atoms with Crippen molar-refractivity contribution in [1.82, 2.24) is 44.9 Å². The molecule has 5 aliphatic rings. The van der Waals surface area contributed by atoms with Gasteiger partial charge < -0.3 is 118 Å². The fraction of sp³-hybridized carbons (Fsp3) is 0.653. The van der Waals surface area contributed by atoms with Crippen molar-refractivity contribution in [2.24, 2.45) is 34.4 Å². The van der Waals surface area contributed by atoms with E-state index in [2.05, 4.69) is 60.7 Å². The largest absolute Gasteiger partial charge is 0.492 e. The number of aromatic nitrogens is 8. The molecule has 30 heteroatoms. The van der Waals surface area contributed by atoms with Gasteiger partial charge in [-0.15, -0.1) is 10.2 Å². The molecule has 5 aromatic rings. The highest BCUT2D eigenvalue weighted by Crippen LogP contribution is 2.35. The lowest BCUT2D eigenvalue weighted by Crippen LogP contribution is -2.68. The van der Waals surface area contributed by atoms with Gasteiger partial charge in [0.25, 0.3) is 0 Å². The van der Waals surface area contributed by atoms with Crippen molar-refractivity contribution in [3.05, 3.63) is 66.2 Å². The minimum atomic E-state index is -1.65. The Labute approximate surface area is 453 Å². The van der Waals surface area contributed by atoms with Crippen LogP contribution in [0.1, 0.15) is 17.8 Å². The van der Waals surface area contributed by atoms with Crippen LogP contribution in [0.25, 0.3) is 22.4 Å². The molecule has 434 valence electrons. The maximum absolute atomic E-state index is 11.9. The van der Waals surface area contributed by atoms with Crippen LogP contribution in [-0.2, 0) is 59.5 Å². The van der Waals surface area contributed by atoms with Gasteiger partial charge in [-0.25, -0.2) is 14.3 Å². The number of H-pyrrole nitrogens is 1. The van der Waals surface area contributed by atoms with Gasteiger partial charge in [0.15, 0.2) is 18.9 Å². The molecule has 4 aliphatic heterocycles. The van der Waals surface area contributed by atoms with E-state index >= 15 is 0 Å². The average Bonchev–Trinajstić information content (AvgIpc) is 4.29. The van der Waals surface area contributed by atoms with Crippen LogP contribution in [0.5, 0.6) is 5.75 Å². The number of anilines is 1. The maximum Gasteiger partial charge on any atom is 0.187 e. The van der Waals surface area contributed by atoms with E-state index < -0.39 is 116 Å². The molecule has 10 rings (SSSR count). The first kappa shape index (κ1) is 57.2. The number of imidazole rings is 1. The summed E-state index contributed by atoms with van der Waals surface area (Å²) in [5, 5.41) is 82.7. The Morgan fingerprint density at radius 2 is 1.24 bits per heavy atom. The number of piperazine rings is 1. The van der Waals surface area contributed by atoms with Crippen LogP contribution in [0, 0.1) is 0 Å². The van der Waals surface area contributed by atoms with Crippen LogP contribution in [-0.4, -0.2) is 245 Å². The molecule has 0 amide bonds. The van der Waals surface area contributed by atoms with E-state index in [4.69, 9.17) is 77.3 Å². The summed E-state index contributed by atoms with van der Waals surface area (Å²) in [6.45, 7) is 4.47. The van der Waals surface area contributed by atoms with E-state index in [1.54, 1.807) is 17.1 Å². The zero-order valence-corrected chi connectivity index (χ0v) is 43.6. The number of nitrogens with two attached hydrogens (primary N) is 6. The molecule has 7 heterocycles. The van der Waals surface area contributed by atoms with Gasteiger partial charge in [0.05, 0.1) is 67.9 Å². The molecule has 79 heavy (non-hydrogen) atoms. The Bertz CT molecular complexity index is 2730. The van der Waals surface area contributed by atoms with E-state index in [0.717, 1.165) is 48.6 Å². The molecular formula is C49H74N16O14. The highest BCUT2D eigenvalue weighted by molar-refractivity contribution is 5.83. The summed E-state index contributed by atoms with van der Waals surface area (Å²) in [6.07, 6.45) is -17.0. The number of aliphatic hydroxyl groups excluding tert-OH is 6. The van der Waals surface area contributed by atoms with Crippen LogP contribution in [0.2, 0.25) is 0 Å². The molecular weight excluding hydrogens is 1040 g/mol. The minimum Gasteiger partial charge on any atom is -0.492 e. The zero-order valence-electron chi connectivity index (χ0n) is 43.6. The molecule has 7 unspecified atom stereocenters. The molecule has 5 fully saturated rings. The van der Waals surface area contributed by atoms with Crippen LogP contribution in [0.3, 0.4) is 0 Å². The predicted molar refractivity (Wildman–Crippen MR) is 277 cm³/mol. The molecule has 30 nitrogen and oxygen atoms in total. The number of rotatable bonds is 20. The lowest BCUT2D eigenvalue weighted by Gasteiger charge is -2.47. The second-order valence-corrected chi connectivity index (χ2v) is 20.9. The predicted octanol–water partition coefficient (Wildman–Crippen LogP) is -5.91. The van der Waals surface area contributed by atoms with Crippen LogP contribution >= 0.6 is 0 Å². The van der Waals surface area contributed by atoms with Gasteiger partial charge in [0, 0.05) is 62.6 Å². The molecule has 1 aliphatic carbocycles. The topological polar surface area (TPSA) is 448 Å². The second-order valence-electron chi connectivity index (χ2n) is 20.9. The molecule has 0 spiro atoms. The number of nitrogens with one attached hydrogen (secondary N) is 1. The fourth-order valence-corrected chi connectivity index (χ4v) is 10.6. The lowest BCUT2D eigenvalue weighted by molar-refractivity contribution is -0.306. The summed E-state index contributed by atoms with van der Waals surface area (Å²) in [5.41, 5.74) is 41.9. The second kappa shape index (κ2) is 25.0. The number of aromatic amines is 1. The van der Waals surface area contributed by atoms with E-state index in [1.165, 1.54) is 10.4 Å². The van der Waals surface area contributed by atoms with Crippen molar-refractivity contribution < 1.29 is 68.5 Å². The number of aliphatic hydroxyl groups is 6. The Morgan fingerprint density at radius 3 is 1.89 bits per heavy atom. The van der Waals surface area contributed by atoms with Gasteiger partial charge >= 0.3 is 0 Å². The molecule has 3 aromatic heterocycles. The smallest absolute Gasteiger partial charge is 0.187 e. The first-order valence-corrected chi connectivity index (χ1v) is 26.5. The zero-order chi connectivity index (χ0) is 55.6. The summed E-state index contributed by atoms with van der Waals surface area (Å²) in [7, 11) is 2.15. The van der Waals surface area contributed by atoms with Crippen molar-refractivity contribution in [2.75, 3.05) is 57.8 Å². The normalized spacial score (nSPS) is 35.6. The molecule has 1 saturated carbocycles. The molecule has 19 atom stereocenters. The molecule has 4 saturated heterocycles. The fourth-order valence-electron chi connectivity index (χ4n) is 10.6. The number of ether oxygens (including phenoxy) is 8. The van der Waals surface area contributed by atoms with Gasteiger partial charge in [-0.2, -0.15) is 0 Å². The number of fused-ring (bicyclic) bond motifs is 1. The van der Waals surface area contributed by atoms with Gasteiger partial charge in [-0.3, -0.25) is 0 Å². The Balaban J connectivity index is 0.734. The first-order chi connectivity index (χ1) is 38.0. The molecule has 2 aromatic carbocycles. The van der Waals surface area contributed by atoms with Crippen LogP contribution in [0.4, 0.5) is 5.69 Å². The van der Waals surface area contributed by atoms with Crippen molar-refractivity contribution in [1.29, 1.82) is 0 Å². The Hall–Kier alpha value is -5.01. The van der Waals surface area contributed by atoms with Gasteiger partial charge in [-0.05, 0) is 55.9 Å². The summed E-state index contributed by atoms with van der Waals surface area (Å²) in [4.78, 5) is 13.0. The highest BCUT2D eigenvalue weighted by Gasteiger charge is 2.54. The number of hydrogen-bond acceptors (Lipinski definition) is 27. The van der Waals surface area contributed by atoms with E-state index in [0.29, 0.717) is 30.3 Å². The third kappa shape index (κ3) is 12.7. The monoisotopic (exact) mass is 1110 g/mol. The summed E-state index contributed by atoms with van der Waals surface area (Å²) >= 11 is 0. The summed E-state index contributed by atoms with van der Waals surface area (Å²) in [6, 6.07) is 9.74. The third-order valence-corrected chi connectivity index (χ3v) is 15.3. The highest BCUT2D eigenvalue weighted by atomic mass is 16.8. The number of hydrogen-bond donors (Lipinski definition) is 13. The van der Waals surface area contributed by atoms with Crippen molar-refractivity contribution >= 4 is 16.7 Å². The van der Waals surface area contributed by atoms with Crippen molar-refractivity contribution in [3.63, 3.8) is 0 Å². The minimum absolute atomic E-state index is 0.0285. The SMILES string of the molecule is CN1CCN(c2ccc3nc(-c4ccc(OCCn5cc(COCc6cn(C[C@H]7OC(O[C@@H]8C(O)[C@H](N)CC(N)[C@@H]8O[C@@H]8OC(CN)[C@H](O)[C@H](O)C8N)[C@@H](O)[C@H]7O[C@H]7O[C@@H](CN)[C@@H](O)C(O)C7N)nn6)nn5)cc4)[nH]c3c2)CC1. The number of likely N-dealkylation sites (N-methyl/N-ethyl adjacent to an activating group) is 1. The Kier molecular flexibility index (Phi) is 18.1. The van der Waals surface area contributed by atoms with Crippen LogP contribution < -0.4 is 44.0 Å². The average molecular weight is 1110 g/mol. The molecule has 19 N–H and O–H groups in total. The number of benzene rings is 2. The van der Waals surface area contributed by atoms with Crippen molar-refractivity contribution in [3.8, 4) is 17.1 Å². The van der Waals surface area contributed by atoms with E-state index in [1.807, 2.05) is 24.3 Å².